The van der Waals surface area contributed by atoms with Crippen LogP contribution in [0.1, 0.15) is 194 Å². The van der Waals surface area contributed by atoms with Gasteiger partial charge in [-0.15, -0.1) is 0 Å². The van der Waals surface area contributed by atoms with Crippen LogP contribution in [0.2, 0.25) is 0 Å². The summed E-state index contributed by atoms with van der Waals surface area (Å²) in [6.07, 6.45) is 51.2. The standard InChI is InChI=1S/C49H88NO8P/c1-5-7-9-11-13-15-17-19-21-23-24-26-27-29-31-33-35-37-39-41-48(51)55-45-47(46-57-59(53,54)56-44-43-50(3)4)58-49(52)42-40-38-36-34-32-30-28-25-22-20-18-16-14-12-10-8-6-2/h7,9,13,15,19,21,24,26,29,31,47H,5-6,8,10-12,14,16-18,20,22-23,25,27-28,30,32-46H2,1-4H3,(H,53,54)/b9-7-,15-13-,21-19-,26-24-,31-29-. The zero-order chi connectivity index (χ0) is 43.3. The second-order valence-corrected chi connectivity index (χ2v) is 17.4. The smallest absolute Gasteiger partial charge is 0.462 e. The van der Waals surface area contributed by atoms with Gasteiger partial charge in [0, 0.05) is 19.4 Å². The maximum Gasteiger partial charge on any atom is 0.472 e. The summed E-state index contributed by atoms with van der Waals surface area (Å²) >= 11 is 0. The number of rotatable bonds is 43. The molecule has 0 fully saturated rings. The first kappa shape index (κ1) is 56.7. The minimum absolute atomic E-state index is 0.000602. The van der Waals surface area contributed by atoms with E-state index in [1.54, 1.807) is 0 Å². The van der Waals surface area contributed by atoms with Crippen LogP contribution in [-0.4, -0.2) is 68.3 Å². The Kier molecular flexibility index (Phi) is 42.1. The highest BCUT2D eigenvalue weighted by molar-refractivity contribution is 7.47. The summed E-state index contributed by atoms with van der Waals surface area (Å²) in [5.74, 6) is -0.838. The van der Waals surface area contributed by atoms with Crippen molar-refractivity contribution in [3.8, 4) is 0 Å². The molecule has 0 spiro atoms. The third-order valence-corrected chi connectivity index (χ3v) is 10.8. The fourth-order valence-corrected chi connectivity index (χ4v) is 6.99. The minimum Gasteiger partial charge on any atom is -0.462 e. The SMILES string of the molecule is CC/C=C\C/C=C\C/C=C\C/C=C\C/C=C\CCCCCC(=O)OCC(COP(=O)(O)OCCN(C)C)OC(=O)CCCCCCCCCCCCCCCCCCC. The number of nitrogens with zero attached hydrogens (tertiary/aromatic N) is 1. The zero-order valence-electron chi connectivity index (χ0n) is 38.2. The van der Waals surface area contributed by atoms with Gasteiger partial charge in [0.05, 0.1) is 13.2 Å². The van der Waals surface area contributed by atoms with Crippen molar-refractivity contribution in [3.05, 3.63) is 60.8 Å². The average Bonchev–Trinajstić information content (AvgIpc) is 3.20. The fraction of sp³-hybridized carbons (Fsp3) is 0.755. The average molecular weight is 850 g/mol. The molecule has 0 rings (SSSR count). The van der Waals surface area contributed by atoms with E-state index >= 15 is 0 Å². The third kappa shape index (κ3) is 45.1. The number of ether oxygens (including phenoxy) is 2. The van der Waals surface area contributed by atoms with Gasteiger partial charge in [-0.25, -0.2) is 4.57 Å². The van der Waals surface area contributed by atoms with Crippen LogP contribution in [0.5, 0.6) is 0 Å². The van der Waals surface area contributed by atoms with Crippen LogP contribution in [0.15, 0.2) is 60.8 Å². The highest BCUT2D eigenvalue weighted by Crippen LogP contribution is 2.43. The molecule has 0 saturated heterocycles. The van der Waals surface area contributed by atoms with Gasteiger partial charge < -0.3 is 19.3 Å². The predicted octanol–water partition coefficient (Wildman–Crippen LogP) is 13.9. The monoisotopic (exact) mass is 850 g/mol. The van der Waals surface area contributed by atoms with Crippen LogP contribution in [0.4, 0.5) is 0 Å². The number of hydrogen-bond donors (Lipinski definition) is 1. The van der Waals surface area contributed by atoms with E-state index in [2.05, 4.69) is 74.6 Å². The Hall–Kier alpha value is -2.29. The van der Waals surface area contributed by atoms with E-state index in [-0.39, 0.29) is 26.1 Å². The lowest BCUT2D eigenvalue weighted by molar-refractivity contribution is -0.161. The van der Waals surface area contributed by atoms with Crippen LogP contribution < -0.4 is 0 Å². The molecule has 0 aliphatic carbocycles. The summed E-state index contributed by atoms with van der Waals surface area (Å²) in [5, 5.41) is 0. The van der Waals surface area contributed by atoms with Crippen LogP contribution in [0, 0.1) is 0 Å². The van der Waals surface area contributed by atoms with E-state index in [0.717, 1.165) is 64.2 Å². The second-order valence-electron chi connectivity index (χ2n) is 15.9. The second kappa shape index (κ2) is 43.8. The number of phosphoric ester groups is 1. The molecule has 2 atom stereocenters. The van der Waals surface area contributed by atoms with Crippen molar-refractivity contribution < 1.29 is 37.6 Å². The van der Waals surface area contributed by atoms with Gasteiger partial charge in [0.25, 0.3) is 0 Å². The zero-order valence-corrected chi connectivity index (χ0v) is 39.1. The molecule has 0 aromatic carbocycles. The molecule has 0 amide bonds. The van der Waals surface area contributed by atoms with Gasteiger partial charge in [-0.05, 0) is 71.9 Å². The van der Waals surface area contributed by atoms with E-state index in [1.807, 2.05) is 19.0 Å². The van der Waals surface area contributed by atoms with Gasteiger partial charge in [-0.2, -0.15) is 0 Å². The molecule has 10 heteroatoms. The topological polar surface area (TPSA) is 112 Å². The summed E-state index contributed by atoms with van der Waals surface area (Å²) in [4.78, 5) is 37.1. The molecule has 0 bridgehead atoms. The molecule has 1 N–H and O–H groups in total. The van der Waals surface area contributed by atoms with Crippen molar-refractivity contribution in [2.75, 3.05) is 40.5 Å². The summed E-state index contributed by atoms with van der Waals surface area (Å²) < 4.78 is 33.5. The van der Waals surface area contributed by atoms with Gasteiger partial charge in [0.1, 0.15) is 6.61 Å². The highest BCUT2D eigenvalue weighted by Gasteiger charge is 2.26. The summed E-state index contributed by atoms with van der Waals surface area (Å²) in [5.41, 5.74) is 0. The van der Waals surface area contributed by atoms with E-state index in [9.17, 15) is 19.0 Å². The number of allylic oxidation sites excluding steroid dienone is 10. The summed E-state index contributed by atoms with van der Waals surface area (Å²) in [6, 6.07) is 0. The molecule has 2 unspecified atom stereocenters. The van der Waals surface area contributed by atoms with Crippen molar-refractivity contribution in [2.45, 2.75) is 200 Å². The van der Waals surface area contributed by atoms with Gasteiger partial charge in [-0.3, -0.25) is 18.6 Å². The largest absolute Gasteiger partial charge is 0.472 e. The lowest BCUT2D eigenvalue weighted by Crippen LogP contribution is -2.29. The van der Waals surface area contributed by atoms with Crippen LogP contribution in [0.25, 0.3) is 0 Å². The van der Waals surface area contributed by atoms with Crippen molar-refractivity contribution in [1.29, 1.82) is 0 Å². The molecule has 0 aromatic heterocycles. The number of esters is 2. The van der Waals surface area contributed by atoms with Gasteiger partial charge >= 0.3 is 19.8 Å². The molecule has 0 aliphatic heterocycles. The Labute approximate surface area is 362 Å². The quantitative estimate of drug-likeness (QED) is 0.0277. The van der Waals surface area contributed by atoms with E-state index in [1.165, 1.54) is 89.9 Å². The van der Waals surface area contributed by atoms with Gasteiger partial charge in [0.15, 0.2) is 6.10 Å². The first-order valence-corrected chi connectivity index (χ1v) is 25.1. The van der Waals surface area contributed by atoms with Gasteiger partial charge in [-0.1, -0.05) is 184 Å². The van der Waals surface area contributed by atoms with E-state index in [0.29, 0.717) is 19.4 Å². The van der Waals surface area contributed by atoms with E-state index < -0.39 is 32.5 Å². The summed E-state index contributed by atoms with van der Waals surface area (Å²) in [6.45, 7) is 4.18. The normalized spacial score (nSPS) is 13.9. The lowest BCUT2D eigenvalue weighted by Gasteiger charge is -2.20. The highest BCUT2D eigenvalue weighted by atomic mass is 31.2. The molecular formula is C49H88NO8P. The van der Waals surface area contributed by atoms with Crippen molar-refractivity contribution in [3.63, 3.8) is 0 Å². The Balaban J connectivity index is 4.30. The number of phosphoric acid groups is 1. The van der Waals surface area contributed by atoms with Crippen LogP contribution in [0.3, 0.4) is 0 Å². The molecule has 0 saturated carbocycles. The first-order chi connectivity index (χ1) is 28.7. The fourth-order valence-electron chi connectivity index (χ4n) is 6.24. The molecule has 342 valence electrons. The van der Waals surface area contributed by atoms with Crippen molar-refractivity contribution in [2.24, 2.45) is 0 Å². The number of likely N-dealkylation sites (N-methyl/N-ethyl adjacent to an activating group) is 1. The number of unbranched alkanes of at least 4 members (excludes halogenated alkanes) is 19. The lowest BCUT2D eigenvalue weighted by atomic mass is 10.0. The Bertz CT molecular complexity index is 1160. The van der Waals surface area contributed by atoms with Gasteiger partial charge in [0.2, 0.25) is 0 Å². The van der Waals surface area contributed by atoms with Crippen LogP contribution >= 0.6 is 7.82 Å². The van der Waals surface area contributed by atoms with Crippen LogP contribution in [-0.2, 0) is 32.7 Å². The maximum atomic E-state index is 12.7. The Morgan fingerprint density at radius 3 is 1.44 bits per heavy atom. The molecule has 0 aromatic rings. The third-order valence-electron chi connectivity index (χ3n) is 9.84. The van der Waals surface area contributed by atoms with Crippen molar-refractivity contribution in [1.82, 2.24) is 4.90 Å². The Morgan fingerprint density at radius 2 is 0.966 bits per heavy atom. The number of carbonyl (C=O) groups excluding carboxylic acids is 2. The predicted molar refractivity (Wildman–Crippen MR) is 247 cm³/mol. The molecule has 0 radical (unpaired) electrons. The molecular weight excluding hydrogens is 762 g/mol. The van der Waals surface area contributed by atoms with Crippen molar-refractivity contribution >= 4 is 19.8 Å². The number of hydrogen-bond acceptors (Lipinski definition) is 8. The van der Waals surface area contributed by atoms with E-state index in [4.69, 9.17) is 18.5 Å². The summed E-state index contributed by atoms with van der Waals surface area (Å²) in [7, 11) is -0.729. The molecule has 9 nitrogen and oxygen atoms in total. The number of carbonyl (C=O) groups is 2. The minimum atomic E-state index is -4.37. The molecule has 0 heterocycles. The maximum absolute atomic E-state index is 12.7. The first-order valence-electron chi connectivity index (χ1n) is 23.6. The molecule has 0 aliphatic rings. The Morgan fingerprint density at radius 1 is 0.542 bits per heavy atom. The molecule has 59 heavy (non-hydrogen) atoms.